The van der Waals surface area contributed by atoms with E-state index in [2.05, 4.69) is 51.9 Å². The van der Waals surface area contributed by atoms with E-state index in [1.807, 2.05) is 38.1 Å². The first-order chi connectivity index (χ1) is 13.9. The molecule has 8 heteroatoms. The SMILES string of the molecule is CCN(CC)CCCC(C)NC(=NC)NCc1ccc(NC(=O)NC(C)C)cc1.I. The third kappa shape index (κ3) is 12.2. The fraction of sp³-hybridized carbons (Fsp3) is 0.636. The number of aliphatic imine (C=N–C) groups is 1. The second-order valence-corrected chi connectivity index (χ2v) is 7.59. The number of hydrogen-bond donors (Lipinski definition) is 4. The van der Waals surface area contributed by atoms with Gasteiger partial charge in [0, 0.05) is 31.4 Å². The summed E-state index contributed by atoms with van der Waals surface area (Å²) < 4.78 is 0. The number of nitrogens with one attached hydrogen (secondary N) is 4. The minimum absolute atomic E-state index is 0. The van der Waals surface area contributed by atoms with Gasteiger partial charge < -0.3 is 26.2 Å². The number of hydrogen-bond acceptors (Lipinski definition) is 3. The highest BCUT2D eigenvalue weighted by Crippen LogP contribution is 2.09. The maximum absolute atomic E-state index is 11.7. The Balaban J connectivity index is 0.00000841. The van der Waals surface area contributed by atoms with E-state index in [0.29, 0.717) is 12.6 Å². The largest absolute Gasteiger partial charge is 0.354 e. The van der Waals surface area contributed by atoms with Crippen LogP contribution >= 0.6 is 24.0 Å². The van der Waals surface area contributed by atoms with Crippen LogP contribution in [0.1, 0.15) is 53.0 Å². The summed E-state index contributed by atoms with van der Waals surface area (Å²) in [4.78, 5) is 18.5. The molecule has 0 saturated carbocycles. The lowest BCUT2D eigenvalue weighted by molar-refractivity contribution is 0.250. The van der Waals surface area contributed by atoms with Crippen LogP contribution in [0.5, 0.6) is 0 Å². The Hall–Kier alpha value is -1.55. The van der Waals surface area contributed by atoms with Gasteiger partial charge >= 0.3 is 6.03 Å². The van der Waals surface area contributed by atoms with Crippen LogP contribution in [0.25, 0.3) is 0 Å². The molecule has 30 heavy (non-hydrogen) atoms. The first-order valence-electron chi connectivity index (χ1n) is 10.7. The topological polar surface area (TPSA) is 80.8 Å². The summed E-state index contributed by atoms with van der Waals surface area (Å²) in [5.74, 6) is 0.804. The normalized spacial score (nSPS) is 12.3. The number of amides is 2. The number of halogens is 1. The van der Waals surface area contributed by atoms with E-state index < -0.39 is 0 Å². The van der Waals surface area contributed by atoms with Crippen LogP contribution in [0, 0.1) is 0 Å². The average Bonchev–Trinajstić information content (AvgIpc) is 2.69. The number of nitrogens with zero attached hydrogens (tertiary/aromatic N) is 2. The predicted octanol–water partition coefficient (Wildman–Crippen LogP) is 4.01. The Kier molecular flexibility index (Phi) is 15.3. The van der Waals surface area contributed by atoms with Crippen LogP contribution < -0.4 is 21.3 Å². The number of benzene rings is 1. The smallest absolute Gasteiger partial charge is 0.319 e. The van der Waals surface area contributed by atoms with Gasteiger partial charge in [0.15, 0.2) is 5.96 Å². The predicted molar refractivity (Wildman–Crippen MR) is 139 cm³/mol. The Bertz CT molecular complexity index is 617. The van der Waals surface area contributed by atoms with Crippen LogP contribution in [0.15, 0.2) is 29.3 Å². The molecular formula is C22H41IN6O. The fourth-order valence-corrected chi connectivity index (χ4v) is 2.98. The quantitative estimate of drug-likeness (QED) is 0.197. The molecular weight excluding hydrogens is 491 g/mol. The van der Waals surface area contributed by atoms with Crippen molar-refractivity contribution in [3.05, 3.63) is 29.8 Å². The molecule has 1 atom stereocenters. The Morgan fingerprint density at radius 2 is 1.70 bits per heavy atom. The van der Waals surface area contributed by atoms with Crippen LogP contribution in [0.3, 0.4) is 0 Å². The maximum Gasteiger partial charge on any atom is 0.319 e. The lowest BCUT2D eigenvalue weighted by atomic mass is 10.1. The Labute approximate surface area is 199 Å². The van der Waals surface area contributed by atoms with Gasteiger partial charge in [-0.2, -0.15) is 0 Å². The highest BCUT2D eigenvalue weighted by atomic mass is 127. The molecule has 0 fully saturated rings. The Morgan fingerprint density at radius 1 is 1.07 bits per heavy atom. The van der Waals surface area contributed by atoms with Crippen LogP contribution in [0.2, 0.25) is 0 Å². The van der Waals surface area contributed by atoms with Crippen LogP contribution in [-0.2, 0) is 6.54 Å². The molecule has 0 aliphatic heterocycles. The third-order valence-corrected chi connectivity index (χ3v) is 4.70. The lowest BCUT2D eigenvalue weighted by Crippen LogP contribution is -2.42. The molecule has 0 aliphatic carbocycles. The maximum atomic E-state index is 11.7. The second kappa shape index (κ2) is 16.2. The zero-order valence-electron chi connectivity index (χ0n) is 19.4. The molecule has 0 bridgehead atoms. The van der Waals surface area contributed by atoms with Crippen molar-refractivity contribution in [2.45, 2.75) is 66.1 Å². The molecule has 0 aliphatic rings. The summed E-state index contributed by atoms with van der Waals surface area (Å²) in [5, 5.41) is 12.4. The zero-order chi connectivity index (χ0) is 21.6. The lowest BCUT2D eigenvalue weighted by Gasteiger charge is -2.21. The van der Waals surface area contributed by atoms with E-state index in [0.717, 1.165) is 43.3 Å². The minimum Gasteiger partial charge on any atom is -0.354 e. The van der Waals surface area contributed by atoms with Crippen molar-refractivity contribution in [3.8, 4) is 0 Å². The molecule has 172 valence electrons. The van der Waals surface area contributed by atoms with E-state index in [9.17, 15) is 4.79 Å². The van der Waals surface area contributed by atoms with Crippen molar-refractivity contribution < 1.29 is 4.79 Å². The molecule has 7 nitrogen and oxygen atoms in total. The number of carbonyl (C=O) groups is 1. The highest BCUT2D eigenvalue weighted by molar-refractivity contribution is 14.0. The molecule has 2 amide bonds. The van der Waals surface area contributed by atoms with Gasteiger partial charge in [-0.25, -0.2) is 4.79 Å². The van der Waals surface area contributed by atoms with Gasteiger partial charge in [-0.15, -0.1) is 24.0 Å². The zero-order valence-corrected chi connectivity index (χ0v) is 21.7. The van der Waals surface area contributed by atoms with Gasteiger partial charge in [0.1, 0.15) is 0 Å². The van der Waals surface area contributed by atoms with Gasteiger partial charge in [-0.05, 0) is 70.9 Å². The van der Waals surface area contributed by atoms with Crippen LogP contribution in [-0.4, -0.2) is 55.7 Å². The van der Waals surface area contributed by atoms with E-state index >= 15 is 0 Å². The van der Waals surface area contributed by atoms with Gasteiger partial charge in [0.05, 0.1) is 0 Å². The van der Waals surface area contributed by atoms with Crippen molar-refractivity contribution in [1.82, 2.24) is 20.9 Å². The minimum atomic E-state index is -0.189. The number of rotatable bonds is 11. The summed E-state index contributed by atoms with van der Waals surface area (Å²) in [5.41, 5.74) is 1.90. The number of anilines is 1. The van der Waals surface area contributed by atoms with Crippen molar-refractivity contribution in [2.75, 3.05) is 32.0 Å². The monoisotopic (exact) mass is 532 g/mol. The molecule has 0 heterocycles. The molecule has 1 aromatic carbocycles. The molecule has 0 saturated heterocycles. The van der Waals surface area contributed by atoms with Crippen molar-refractivity contribution in [2.24, 2.45) is 4.99 Å². The van der Waals surface area contributed by atoms with E-state index in [-0.39, 0.29) is 36.0 Å². The van der Waals surface area contributed by atoms with E-state index in [1.54, 1.807) is 7.05 Å². The molecule has 1 rings (SSSR count). The van der Waals surface area contributed by atoms with Crippen molar-refractivity contribution in [3.63, 3.8) is 0 Å². The number of guanidine groups is 1. The van der Waals surface area contributed by atoms with Crippen LogP contribution in [0.4, 0.5) is 10.5 Å². The third-order valence-electron chi connectivity index (χ3n) is 4.70. The van der Waals surface area contributed by atoms with Crippen molar-refractivity contribution >= 4 is 41.7 Å². The number of urea groups is 1. The fourth-order valence-electron chi connectivity index (χ4n) is 2.98. The molecule has 0 spiro atoms. The summed E-state index contributed by atoms with van der Waals surface area (Å²) in [6, 6.07) is 8.09. The highest BCUT2D eigenvalue weighted by Gasteiger charge is 2.07. The van der Waals surface area contributed by atoms with Crippen molar-refractivity contribution in [1.29, 1.82) is 0 Å². The Morgan fingerprint density at radius 3 is 2.23 bits per heavy atom. The standard InChI is InChI=1S/C22H40N6O.HI/c1-7-28(8-2)15-9-10-18(5)26-21(23-6)24-16-19-11-13-20(14-12-19)27-22(29)25-17(3)4;/h11-14,17-18H,7-10,15-16H2,1-6H3,(H2,23,24,26)(H2,25,27,29);1H. The number of carbonyl (C=O) groups excluding carboxylic acids is 1. The molecule has 0 radical (unpaired) electrons. The molecule has 1 aromatic rings. The summed E-state index contributed by atoms with van der Waals surface area (Å²) in [6.45, 7) is 14.5. The summed E-state index contributed by atoms with van der Waals surface area (Å²) in [7, 11) is 1.79. The second-order valence-electron chi connectivity index (χ2n) is 7.59. The molecule has 0 aromatic heterocycles. The van der Waals surface area contributed by atoms with Gasteiger partial charge in [0.2, 0.25) is 0 Å². The van der Waals surface area contributed by atoms with Gasteiger partial charge in [0.25, 0.3) is 0 Å². The first-order valence-corrected chi connectivity index (χ1v) is 10.7. The van der Waals surface area contributed by atoms with E-state index in [4.69, 9.17) is 0 Å². The summed E-state index contributed by atoms with van der Waals surface area (Å²) in [6.07, 6.45) is 2.28. The average molecular weight is 533 g/mol. The molecule has 4 N–H and O–H groups in total. The van der Waals surface area contributed by atoms with Gasteiger partial charge in [-0.1, -0.05) is 26.0 Å². The van der Waals surface area contributed by atoms with E-state index in [1.165, 1.54) is 6.42 Å². The molecule has 1 unspecified atom stereocenters. The van der Waals surface area contributed by atoms with Gasteiger partial charge in [-0.3, -0.25) is 4.99 Å². The summed E-state index contributed by atoms with van der Waals surface area (Å²) >= 11 is 0. The first kappa shape index (κ1) is 28.5.